The second-order valence-electron chi connectivity index (χ2n) is 9.77. The van der Waals surface area contributed by atoms with Gasteiger partial charge in [0.05, 0.1) is 28.3 Å². The van der Waals surface area contributed by atoms with E-state index in [1.54, 1.807) is 0 Å². The summed E-state index contributed by atoms with van der Waals surface area (Å²) < 4.78 is 1.04. The number of hydrogen-bond donors (Lipinski definition) is 2. The molecule has 0 radical (unpaired) electrons. The van der Waals surface area contributed by atoms with Gasteiger partial charge in [0.1, 0.15) is 0 Å². The summed E-state index contributed by atoms with van der Waals surface area (Å²) in [4.78, 5) is 17.8. The van der Waals surface area contributed by atoms with E-state index in [9.17, 15) is 0 Å². The van der Waals surface area contributed by atoms with E-state index >= 15 is 0 Å². The average Bonchev–Trinajstić information content (AvgIpc) is 3.60. The number of nitrogens with zero attached hydrogens (tertiary/aromatic N) is 2. The van der Waals surface area contributed by atoms with E-state index in [-0.39, 0.29) is 0 Å². The molecule has 0 fully saturated rings. The summed E-state index contributed by atoms with van der Waals surface area (Å²) in [6.07, 6.45) is 5.80. The SMILES string of the molecule is CCC1=C(CC)c2cc3[nH]c(cc4nc(cc5[nH]c(cc1n2)cc5Br)C(CC)=C4CC)c(CC)c3CC. The summed E-state index contributed by atoms with van der Waals surface area (Å²) in [5.41, 5.74) is 16.8. The molecule has 3 aromatic heterocycles. The molecule has 0 amide bonds. The maximum Gasteiger partial charge on any atom is 0.0693 e. The van der Waals surface area contributed by atoms with Gasteiger partial charge in [-0.15, -0.1) is 0 Å². The minimum Gasteiger partial charge on any atom is -0.355 e. The second-order valence-corrected chi connectivity index (χ2v) is 10.6. The monoisotopic (exact) mass is 556 g/mol. The van der Waals surface area contributed by atoms with Gasteiger partial charge in [0.15, 0.2) is 0 Å². The molecule has 0 atom stereocenters. The normalized spacial score (nSPS) is 13.7. The number of nitrogens with one attached hydrogen (secondary N) is 2. The summed E-state index contributed by atoms with van der Waals surface area (Å²) in [7, 11) is 0. The lowest BCUT2D eigenvalue weighted by molar-refractivity contribution is 1.07. The van der Waals surface area contributed by atoms with Gasteiger partial charge in [-0.2, -0.15) is 0 Å². The van der Waals surface area contributed by atoms with E-state index in [1.165, 1.54) is 44.5 Å². The van der Waals surface area contributed by atoms with Gasteiger partial charge in [0.25, 0.3) is 0 Å². The fourth-order valence-corrected chi connectivity index (χ4v) is 6.54. The van der Waals surface area contributed by atoms with Crippen LogP contribution < -0.4 is 0 Å². The zero-order chi connectivity index (χ0) is 26.3. The Morgan fingerprint density at radius 1 is 0.514 bits per heavy atom. The number of allylic oxidation sites excluding steroid dienone is 4. The van der Waals surface area contributed by atoms with Gasteiger partial charge in [0.2, 0.25) is 0 Å². The summed E-state index contributed by atoms with van der Waals surface area (Å²) in [5, 5.41) is 0. The van der Waals surface area contributed by atoms with E-state index in [2.05, 4.69) is 97.8 Å². The Balaban J connectivity index is 1.98. The Morgan fingerprint density at radius 3 is 1.32 bits per heavy atom. The van der Waals surface area contributed by atoms with Crippen molar-refractivity contribution in [1.29, 1.82) is 0 Å². The Morgan fingerprint density at radius 2 is 0.919 bits per heavy atom. The maximum atomic E-state index is 5.18. The van der Waals surface area contributed by atoms with Crippen LogP contribution in [-0.2, 0) is 12.8 Å². The lowest BCUT2D eigenvalue weighted by atomic mass is 9.99. The van der Waals surface area contributed by atoms with Gasteiger partial charge in [-0.1, -0.05) is 41.5 Å². The number of aromatic nitrogens is 4. The van der Waals surface area contributed by atoms with Crippen LogP contribution in [-0.4, -0.2) is 19.9 Å². The molecular formula is C32H37BrN4. The summed E-state index contributed by atoms with van der Waals surface area (Å²) >= 11 is 3.79. The van der Waals surface area contributed by atoms with Crippen molar-refractivity contribution in [1.82, 2.24) is 19.9 Å². The predicted octanol–water partition coefficient (Wildman–Crippen LogP) is 9.66. The largest absolute Gasteiger partial charge is 0.355 e. The molecule has 3 aromatic rings. The van der Waals surface area contributed by atoms with Crippen LogP contribution in [0.5, 0.6) is 0 Å². The van der Waals surface area contributed by atoms with Gasteiger partial charge in [-0.05, 0) is 118 Å². The molecule has 2 aliphatic rings. The number of fused-ring (bicyclic) bond motifs is 8. The molecule has 2 N–H and O–H groups in total. The molecule has 5 heteroatoms. The lowest BCUT2D eigenvalue weighted by Gasteiger charge is -2.03. The van der Waals surface area contributed by atoms with Crippen molar-refractivity contribution in [3.63, 3.8) is 0 Å². The Kier molecular flexibility index (Phi) is 7.26. The fourth-order valence-electron chi connectivity index (χ4n) is 6.08. The van der Waals surface area contributed by atoms with Crippen LogP contribution >= 0.6 is 15.9 Å². The highest BCUT2D eigenvalue weighted by molar-refractivity contribution is 9.10. The van der Waals surface area contributed by atoms with Crippen LogP contribution in [0.4, 0.5) is 0 Å². The van der Waals surface area contributed by atoms with Crippen molar-refractivity contribution >= 4 is 60.3 Å². The molecule has 5 heterocycles. The first-order chi connectivity index (χ1) is 18.0. The van der Waals surface area contributed by atoms with Crippen molar-refractivity contribution in [2.45, 2.75) is 80.1 Å². The Labute approximate surface area is 228 Å². The molecule has 37 heavy (non-hydrogen) atoms. The van der Waals surface area contributed by atoms with Crippen molar-refractivity contribution in [3.8, 4) is 0 Å². The van der Waals surface area contributed by atoms with Crippen LogP contribution in [0.2, 0.25) is 0 Å². The van der Waals surface area contributed by atoms with Crippen LogP contribution in [0.3, 0.4) is 0 Å². The van der Waals surface area contributed by atoms with Gasteiger partial charge in [-0.25, -0.2) is 9.97 Å². The molecule has 5 rings (SSSR count). The zero-order valence-electron chi connectivity index (χ0n) is 22.9. The van der Waals surface area contributed by atoms with E-state index < -0.39 is 0 Å². The highest BCUT2D eigenvalue weighted by atomic mass is 79.9. The van der Waals surface area contributed by atoms with Gasteiger partial charge in [0, 0.05) is 21.0 Å². The topological polar surface area (TPSA) is 57.4 Å². The first-order valence-corrected chi connectivity index (χ1v) is 14.6. The smallest absolute Gasteiger partial charge is 0.0693 e. The third-order valence-corrected chi connectivity index (χ3v) is 8.46. The summed E-state index contributed by atoms with van der Waals surface area (Å²) in [5.74, 6) is 0. The van der Waals surface area contributed by atoms with E-state index in [0.29, 0.717) is 0 Å². The van der Waals surface area contributed by atoms with Crippen LogP contribution in [0.15, 0.2) is 34.8 Å². The van der Waals surface area contributed by atoms with Crippen LogP contribution in [0.25, 0.3) is 44.4 Å². The van der Waals surface area contributed by atoms with Crippen molar-refractivity contribution in [2.24, 2.45) is 0 Å². The van der Waals surface area contributed by atoms with E-state index in [0.717, 1.165) is 76.8 Å². The Hall–Kier alpha value is -2.92. The zero-order valence-corrected chi connectivity index (χ0v) is 24.5. The fraction of sp³-hybridized carbons (Fsp3) is 0.375. The molecule has 192 valence electrons. The lowest BCUT2D eigenvalue weighted by Crippen LogP contribution is -1.87. The number of rotatable bonds is 6. The van der Waals surface area contributed by atoms with Crippen LogP contribution in [0.1, 0.15) is 101 Å². The molecule has 0 unspecified atom stereocenters. The summed E-state index contributed by atoms with van der Waals surface area (Å²) in [6, 6.07) is 11.1. The number of hydrogen-bond acceptors (Lipinski definition) is 2. The molecule has 0 aliphatic carbocycles. The molecule has 4 nitrogen and oxygen atoms in total. The predicted molar refractivity (Wildman–Crippen MR) is 162 cm³/mol. The molecule has 0 aromatic carbocycles. The molecular weight excluding hydrogens is 520 g/mol. The van der Waals surface area contributed by atoms with Gasteiger partial charge >= 0.3 is 0 Å². The first kappa shape index (κ1) is 25.7. The highest BCUT2D eigenvalue weighted by Crippen LogP contribution is 2.38. The molecule has 0 saturated carbocycles. The van der Waals surface area contributed by atoms with Crippen molar-refractivity contribution in [3.05, 3.63) is 68.7 Å². The number of H-pyrrole nitrogens is 2. The second kappa shape index (κ2) is 10.4. The van der Waals surface area contributed by atoms with E-state index in [4.69, 9.17) is 9.97 Å². The van der Waals surface area contributed by atoms with Gasteiger partial charge in [-0.3, -0.25) is 0 Å². The van der Waals surface area contributed by atoms with Crippen molar-refractivity contribution in [2.75, 3.05) is 0 Å². The molecule has 0 saturated heterocycles. The Bertz CT molecular complexity index is 1600. The third-order valence-electron chi connectivity index (χ3n) is 7.81. The molecule has 2 aliphatic heterocycles. The minimum atomic E-state index is 0.956. The number of halogens is 1. The molecule has 8 bridgehead atoms. The quantitative estimate of drug-likeness (QED) is 0.317. The minimum absolute atomic E-state index is 0.956. The van der Waals surface area contributed by atoms with Crippen LogP contribution in [0, 0.1) is 0 Å². The first-order valence-electron chi connectivity index (χ1n) is 13.8. The molecule has 0 spiro atoms. The third kappa shape index (κ3) is 4.41. The maximum absolute atomic E-state index is 5.18. The van der Waals surface area contributed by atoms with E-state index in [1.807, 2.05) is 0 Å². The number of aromatic amines is 2. The average molecular weight is 558 g/mol. The number of aryl methyl sites for hydroxylation is 2. The van der Waals surface area contributed by atoms with Gasteiger partial charge < -0.3 is 9.97 Å². The van der Waals surface area contributed by atoms with Crippen molar-refractivity contribution < 1.29 is 0 Å². The standard InChI is InChI=1S/C32H37BrN4/c1-7-19-20(8-2)27-15-28-21(9-3)22(10-4)29(36-28)16-30-23(11-5)24(12-6)31(37-30)17-32-25(33)13-18(34-32)14-26(19)35-27/h13-17,34,36H,7-12H2,1-6H3. The highest BCUT2D eigenvalue weighted by Gasteiger charge is 2.20. The summed E-state index contributed by atoms with van der Waals surface area (Å²) in [6.45, 7) is 13.4.